The zero-order valence-corrected chi connectivity index (χ0v) is 22.2. The molecule has 6 heterocycles. The van der Waals surface area contributed by atoms with Gasteiger partial charge in [-0.3, -0.25) is 19.3 Å². The van der Waals surface area contributed by atoms with E-state index >= 15 is 0 Å². The molecule has 40 heavy (non-hydrogen) atoms. The second kappa shape index (κ2) is 9.58. The quantitative estimate of drug-likeness (QED) is 0.266. The lowest BCUT2D eigenvalue weighted by Gasteiger charge is -2.47. The number of pyridine rings is 1. The standard InChI is InChI=1S/C29H27ClN6O4/c30-17-3-1-2-16(10-17)24(37)13-32-20-4-7-31-27(38)25(20)26-33-21-11-18-19(12-22(21)34-26)29(40)36(28(18)39)23-14-35-8-5-15(23)6-9-35/h1-4,7,10-12,15,23-24,37H,5-6,8-9,13-14H2,(H,33,34)(H2,31,32,38)/t23?,24-/m1/s1. The average Bonchev–Trinajstić information content (AvgIpc) is 3.48. The van der Waals surface area contributed by atoms with Crippen LogP contribution in [0.5, 0.6) is 0 Å². The number of amides is 2. The van der Waals surface area contributed by atoms with E-state index in [4.69, 9.17) is 11.6 Å². The minimum atomic E-state index is -0.861. The van der Waals surface area contributed by atoms with Gasteiger partial charge in [0.05, 0.1) is 40.0 Å². The van der Waals surface area contributed by atoms with E-state index in [0.29, 0.717) is 44.4 Å². The third-order valence-electron chi connectivity index (χ3n) is 8.39. The summed E-state index contributed by atoms with van der Waals surface area (Å²) in [5.74, 6) is 0.0798. The van der Waals surface area contributed by atoms with Crippen molar-refractivity contribution in [3.63, 3.8) is 0 Å². The molecule has 4 aromatic rings. The molecule has 8 rings (SSSR count). The summed E-state index contributed by atoms with van der Waals surface area (Å²) in [6, 6.07) is 11.8. The fourth-order valence-corrected chi connectivity index (χ4v) is 6.51. The number of benzene rings is 2. The van der Waals surface area contributed by atoms with Crippen LogP contribution in [0.4, 0.5) is 5.69 Å². The molecule has 2 aromatic heterocycles. The van der Waals surface area contributed by atoms with Crippen molar-refractivity contribution in [2.75, 3.05) is 31.5 Å². The number of fused-ring (bicyclic) bond motifs is 5. The van der Waals surface area contributed by atoms with Crippen molar-refractivity contribution >= 4 is 40.1 Å². The third-order valence-corrected chi connectivity index (χ3v) is 8.62. The summed E-state index contributed by atoms with van der Waals surface area (Å²) in [5.41, 5.74) is 2.73. The Morgan fingerprint density at radius 1 is 1.07 bits per heavy atom. The highest BCUT2D eigenvalue weighted by molar-refractivity contribution is 6.30. The van der Waals surface area contributed by atoms with E-state index in [1.807, 2.05) is 0 Å². The number of piperidine rings is 3. The Labute approximate surface area is 234 Å². The molecule has 0 radical (unpaired) electrons. The fourth-order valence-electron chi connectivity index (χ4n) is 6.31. The lowest BCUT2D eigenvalue weighted by Crippen LogP contribution is -2.58. The number of nitrogens with zero attached hydrogens (tertiary/aromatic N) is 3. The zero-order chi connectivity index (χ0) is 27.5. The van der Waals surface area contributed by atoms with Gasteiger partial charge < -0.3 is 25.3 Å². The highest BCUT2D eigenvalue weighted by Crippen LogP contribution is 2.37. The molecule has 0 spiro atoms. The fraction of sp³-hybridized carbons (Fsp3) is 0.310. The van der Waals surface area contributed by atoms with Gasteiger partial charge in [0.15, 0.2) is 0 Å². The number of anilines is 1. The van der Waals surface area contributed by atoms with Gasteiger partial charge >= 0.3 is 0 Å². The summed E-state index contributed by atoms with van der Waals surface area (Å²) < 4.78 is 0. The molecular weight excluding hydrogens is 532 g/mol. The molecule has 2 amide bonds. The minimum Gasteiger partial charge on any atom is -0.387 e. The molecule has 10 nitrogen and oxygen atoms in total. The van der Waals surface area contributed by atoms with Gasteiger partial charge in [0.2, 0.25) is 0 Å². The minimum absolute atomic E-state index is 0.101. The molecule has 4 aliphatic rings. The highest BCUT2D eigenvalue weighted by atomic mass is 35.5. The largest absolute Gasteiger partial charge is 0.387 e. The molecular formula is C29H27ClN6O4. The Bertz CT molecular complexity index is 1670. The number of aromatic nitrogens is 3. The number of aromatic amines is 2. The smallest absolute Gasteiger partial charge is 0.261 e. The van der Waals surface area contributed by atoms with Crippen molar-refractivity contribution in [1.29, 1.82) is 0 Å². The number of aliphatic hydroxyl groups excluding tert-OH is 1. The third kappa shape index (κ3) is 4.11. The van der Waals surface area contributed by atoms with Crippen LogP contribution in [0.2, 0.25) is 5.02 Å². The average molecular weight is 559 g/mol. The lowest BCUT2D eigenvalue weighted by atomic mass is 9.83. The second-order valence-electron chi connectivity index (χ2n) is 10.7. The molecule has 4 N–H and O–H groups in total. The summed E-state index contributed by atoms with van der Waals surface area (Å²) in [6.07, 6.45) is 2.65. The molecule has 11 heteroatoms. The number of H-pyrrole nitrogens is 2. The van der Waals surface area contributed by atoms with Gasteiger partial charge in [-0.1, -0.05) is 23.7 Å². The van der Waals surface area contributed by atoms with Crippen LogP contribution < -0.4 is 10.9 Å². The van der Waals surface area contributed by atoms with Crippen LogP contribution in [0.25, 0.3) is 22.4 Å². The van der Waals surface area contributed by atoms with Crippen molar-refractivity contribution in [1.82, 2.24) is 24.8 Å². The van der Waals surface area contributed by atoms with Gasteiger partial charge in [0, 0.05) is 24.3 Å². The molecule has 0 saturated carbocycles. The molecule has 3 fully saturated rings. The van der Waals surface area contributed by atoms with Crippen LogP contribution in [-0.2, 0) is 0 Å². The first-order chi connectivity index (χ1) is 19.4. The maximum absolute atomic E-state index is 13.5. The summed E-state index contributed by atoms with van der Waals surface area (Å²) in [6.45, 7) is 2.91. The van der Waals surface area contributed by atoms with E-state index in [9.17, 15) is 19.5 Å². The highest BCUT2D eigenvalue weighted by Gasteiger charge is 2.46. The Morgan fingerprint density at radius 2 is 1.85 bits per heavy atom. The van der Waals surface area contributed by atoms with Gasteiger partial charge in [-0.25, -0.2) is 4.98 Å². The maximum Gasteiger partial charge on any atom is 0.261 e. The predicted octanol–water partition coefficient (Wildman–Crippen LogP) is 3.41. The first kappa shape index (κ1) is 25.0. The van der Waals surface area contributed by atoms with E-state index < -0.39 is 6.10 Å². The summed E-state index contributed by atoms with van der Waals surface area (Å²) in [5, 5.41) is 14.3. The van der Waals surface area contributed by atoms with E-state index in [1.54, 1.807) is 42.5 Å². The van der Waals surface area contributed by atoms with Gasteiger partial charge in [-0.05, 0) is 67.7 Å². The zero-order valence-electron chi connectivity index (χ0n) is 21.5. The first-order valence-electron chi connectivity index (χ1n) is 13.4. The number of carbonyl (C=O) groups is 2. The lowest BCUT2D eigenvalue weighted by molar-refractivity contribution is 0.0120. The van der Waals surface area contributed by atoms with Gasteiger partial charge in [0.1, 0.15) is 11.4 Å². The SMILES string of the molecule is O=C1c2cc3nc(-c4c(NC[C@@H](O)c5cccc(Cl)c5)cc[nH]c4=O)[nH]c3cc2C(=O)N1C1CN2CCC1CC2. The van der Waals surface area contributed by atoms with Gasteiger partial charge in [0.25, 0.3) is 17.4 Å². The molecule has 204 valence electrons. The monoisotopic (exact) mass is 558 g/mol. The normalized spacial score (nSPS) is 22.6. The molecule has 2 aromatic carbocycles. The number of halogens is 1. The summed E-state index contributed by atoms with van der Waals surface area (Å²) in [4.78, 5) is 54.1. The molecule has 0 aliphatic carbocycles. The van der Waals surface area contributed by atoms with Crippen LogP contribution in [0.3, 0.4) is 0 Å². The topological polar surface area (TPSA) is 134 Å². The van der Waals surface area contributed by atoms with Crippen molar-refractivity contribution in [3.8, 4) is 11.4 Å². The van der Waals surface area contributed by atoms with Crippen LogP contribution in [0.15, 0.2) is 53.5 Å². The van der Waals surface area contributed by atoms with Crippen molar-refractivity contribution in [3.05, 3.63) is 80.7 Å². The summed E-state index contributed by atoms with van der Waals surface area (Å²) >= 11 is 6.05. The van der Waals surface area contributed by atoms with Crippen molar-refractivity contribution in [2.45, 2.75) is 25.0 Å². The number of aliphatic hydroxyl groups is 1. The number of hydrogen-bond donors (Lipinski definition) is 4. The van der Waals surface area contributed by atoms with Crippen molar-refractivity contribution in [2.24, 2.45) is 5.92 Å². The van der Waals surface area contributed by atoms with Crippen molar-refractivity contribution < 1.29 is 14.7 Å². The number of imidazole rings is 1. The van der Waals surface area contributed by atoms with Crippen LogP contribution in [0, 0.1) is 5.92 Å². The Morgan fingerprint density at radius 3 is 2.58 bits per heavy atom. The second-order valence-corrected chi connectivity index (χ2v) is 11.2. The molecule has 3 saturated heterocycles. The number of nitrogens with one attached hydrogen (secondary N) is 3. The molecule has 2 atom stereocenters. The molecule has 4 aliphatic heterocycles. The van der Waals surface area contributed by atoms with Crippen LogP contribution in [0.1, 0.15) is 45.2 Å². The Balaban J connectivity index is 1.18. The van der Waals surface area contributed by atoms with E-state index in [1.165, 1.54) is 11.1 Å². The predicted molar refractivity (Wildman–Crippen MR) is 151 cm³/mol. The number of imide groups is 1. The van der Waals surface area contributed by atoms with Crippen LogP contribution >= 0.6 is 11.6 Å². The van der Waals surface area contributed by atoms with Gasteiger partial charge in [-0.2, -0.15) is 0 Å². The molecule has 2 bridgehead atoms. The summed E-state index contributed by atoms with van der Waals surface area (Å²) in [7, 11) is 0. The van der Waals surface area contributed by atoms with Crippen LogP contribution in [-0.4, -0.2) is 73.9 Å². The van der Waals surface area contributed by atoms with E-state index in [0.717, 1.165) is 32.5 Å². The first-order valence-corrected chi connectivity index (χ1v) is 13.8. The van der Waals surface area contributed by atoms with E-state index in [-0.39, 0.29) is 41.3 Å². The Hall–Kier alpha value is -3.99. The Kier molecular flexibility index (Phi) is 5.99. The number of hydrogen-bond acceptors (Lipinski definition) is 7. The molecule has 1 unspecified atom stereocenters. The van der Waals surface area contributed by atoms with E-state index in [2.05, 4.69) is 25.2 Å². The number of carbonyl (C=O) groups excluding carboxylic acids is 2. The van der Waals surface area contributed by atoms with Gasteiger partial charge in [-0.15, -0.1) is 0 Å². The number of rotatable bonds is 6. The maximum atomic E-state index is 13.5.